The van der Waals surface area contributed by atoms with E-state index in [1.54, 1.807) is 6.07 Å². The summed E-state index contributed by atoms with van der Waals surface area (Å²) in [6.07, 6.45) is -1.09. The van der Waals surface area contributed by atoms with E-state index in [1.165, 1.54) is 12.5 Å². The van der Waals surface area contributed by atoms with Crippen molar-refractivity contribution in [3.05, 3.63) is 53.9 Å². The first-order chi connectivity index (χ1) is 12.5. The Balaban J connectivity index is 1.69. The minimum absolute atomic E-state index is 0.0874. The molecule has 2 aromatic heterocycles. The number of hydrogen-bond acceptors (Lipinski definition) is 4. The zero-order valence-corrected chi connectivity index (χ0v) is 14.0. The van der Waals surface area contributed by atoms with Gasteiger partial charge in [-0.05, 0) is 36.5 Å². The van der Waals surface area contributed by atoms with Gasteiger partial charge in [0, 0.05) is 13.1 Å². The first kappa shape index (κ1) is 16.8. The number of rotatable bonds is 5. The van der Waals surface area contributed by atoms with Gasteiger partial charge in [-0.1, -0.05) is 36.8 Å². The summed E-state index contributed by atoms with van der Waals surface area (Å²) in [6, 6.07) is 13.1. The number of aromatic nitrogens is 4. The number of alkyl halides is 3. The Morgan fingerprint density at radius 1 is 1.04 bits per heavy atom. The fourth-order valence-electron chi connectivity index (χ4n) is 3.15. The number of fused-ring (bicyclic) bond motifs is 1. The van der Waals surface area contributed by atoms with Gasteiger partial charge in [-0.15, -0.1) is 15.3 Å². The summed E-state index contributed by atoms with van der Waals surface area (Å²) in [4.78, 5) is 2.04. The predicted molar refractivity (Wildman–Crippen MR) is 90.6 cm³/mol. The van der Waals surface area contributed by atoms with Crippen molar-refractivity contribution < 1.29 is 13.2 Å². The fraction of sp³-hybridized carbons (Fsp3) is 0.389. The van der Waals surface area contributed by atoms with Crippen LogP contribution >= 0.6 is 0 Å². The summed E-state index contributed by atoms with van der Waals surface area (Å²) < 4.78 is 40.2. The van der Waals surface area contributed by atoms with Gasteiger partial charge in [0.15, 0.2) is 5.65 Å². The molecule has 26 heavy (non-hydrogen) atoms. The topological polar surface area (TPSA) is 46.3 Å². The second kappa shape index (κ2) is 6.59. The molecule has 4 rings (SSSR count). The Morgan fingerprint density at radius 3 is 2.46 bits per heavy atom. The normalized spacial score (nSPS) is 15.2. The lowest BCUT2D eigenvalue weighted by Gasteiger charge is -2.33. The minimum atomic E-state index is -4.59. The molecule has 0 radical (unpaired) electrons. The molecule has 3 aromatic rings. The summed E-state index contributed by atoms with van der Waals surface area (Å²) >= 11 is 0. The summed E-state index contributed by atoms with van der Waals surface area (Å²) in [7, 11) is 0. The molecule has 5 nitrogen and oxygen atoms in total. The largest absolute Gasteiger partial charge is 0.453 e. The number of halogens is 3. The van der Waals surface area contributed by atoms with Crippen molar-refractivity contribution in [2.75, 3.05) is 11.4 Å². The predicted octanol–water partition coefficient (Wildman–Crippen LogP) is 3.95. The van der Waals surface area contributed by atoms with E-state index >= 15 is 0 Å². The van der Waals surface area contributed by atoms with Crippen molar-refractivity contribution in [1.29, 1.82) is 0 Å². The second-order valence-corrected chi connectivity index (χ2v) is 6.65. The maximum atomic E-state index is 13.1. The van der Waals surface area contributed by atoms with Gasteiger partial charge in [-0.2, -0.15) is 17.7 Å². The molecule has 0 unspecified atom stereocenters. The SMILES string of the molecule is FC(F)(F)c1nnc2ccc(N(Cc3ccccc3)CC3CCC3)nn12. The van der Waals surface area contributed by atoms with Gasteiger partial charge >= 0.3 is 6.18 Å². The molecule has 0 spiro atoms. The van der Waals surface area contributed by atoms with Crippen molar-refractivity contribution in [1.82, 2.24) is 19.8 Å². The van der Waals surface area contributed by atoms with Crippen LogP contribution < -0.4 is 4.90 Å². The van der Waals surface area contributed by atoms with E-state index in [4.69, 9.17) is 0 Å². The maximum Gasteiger partial charge on any atom is 0.453 e. The average molecular weight is 361 g/mol. The fourth-order valence-corrected chi connectivity index (χ4v) is 3.15. The Labute approximate surface area is 148 Å². The smallest absolute Gasteiger partial charge is 0.351 e. The highest BCUT2D eigenvalue weighted by Gasteiger charge is 2.37. The monoisotopic (exact) mass is 361 g/mol. The molecule has 0 aliphatic heterocycles. The van der Waals surface area contributed by atoms with Crippen LogP contribution in [-0.4, -0.2) is 26.4 Å². The lowest BCUT2D eigenvalue weighted by Crippen LogP contribution is -2.33. The Kier molecular flexibility index (Phi) is 4.26. The number of anilines is 1. The highest BCUT2D eigenvalue weighted by atomic mass is 19.4. The molecule has 1 saturated carbocycles. The molecule has 0 amide bonds. The van der Waals surface area contributed by atoms with E-state index in [9.17, 15) is 13.2 Å². The lowest BCUT2D eigenvalue weighted by atomic mass is 9.85. The first-order valence-electron chi connectivity index (χ1n) is 8.59. The zero-order valence-electron chi connectivity index (χ0n) is 14.0. The zero-order chi connectivity index (χ0) is 18.1. The first-order valence-corrected chi connectivity index (χ1v) is 8.59. The van der Waals surface area contributed by atoms with Crippen LogP contribution in [0, 0.1) is 5.92 Å². The molecule has 0 atom stereocenters. The molecule has 1 aliphatic carbocycles. The van der Waals surface area contributed by atoms with Gasteiger partial charge in [0.05, 0.1) is 0 Å². The van der Waals surface area contributed by atoms with Crippen LogP contribution in [0.25, 0.3) is 5.65 Å². The summed E-state index contributed by atoms with van der Waals surface area (Å²) in [6.45, 7) is 1.37. The minimum Gasteiger partial charge on any atom is -0.351 e. The number of benzene rings is 1. The van der Waals surface area contributed by atoms with E-state index < -0.39 is 12.0 Å². The molecule has 1 aromatic carbocycles. The van der Waals surface area contributed by atoms with Crippen LogP contribution in [0.3, 0.4) is 0 Å². The highest BCUT2D eigenvalue weighted by molar-refractivity contribution is 5.46. The van der Waals surface area contributed by atoms with E-state index in [2.05, 4.69) is 15.3 Å². The summed E-state index contributed by atoms with van der Waals surface area (Å²) in [5.74, 6) is -0.0459. The van der Waals surface area contributed by atoms with Gasteiger partial charge < -0.3 is 4.90 Å². The second-order valence-electron chi connectivity index (χ2n) is 6.65. The third-order valence-corrected chi connectivity index (χ3v) is 4.75. The molecule has 2 heterocycles. The van der Waals surface area contributed by atoms with Crippen LogP contribution in [0.4, 0.5) is 19.0 Å². The maximum absolute atomic E-state index is 13.1. The third kappa shape index (κ3) is 3.36. The van der Waals surface area contributed by atoms with Gasteiger partial charge in [0.25, 0.3) is 5.82 Å². The molecule has 136 valence electrons. The van der Waals surface area contributed by atoms with E-state index in [0.29, 0.717) is 18.3 Å². The van der Waals surface area contributed by atoms with E-state index in [-0.39, 0.29) is 5.65 Å². The molecule has 1 aliphatic rings. The van der Waals surface area contributed by atoms with Crippen LogP contribution in [0.5, 0.6) is 0 Å². The van der Waals surface area contributed by atoms with Gasteiger partial charge in [0.2, 0.25) is 0 Å². The average Bonchev–Trinajstić information content (AvgIpc) is 3.01. The number of hydrogen-bond donors (Lipinski definition) is 0. The molecule has 0 bridgehead atoms. The van der Waals surface area contributed by atoms with Crippen LogP contribution in [0.15, 0.2) is 42.5 Å². The molecule has 0 N–H and O–H groups in total. The Hall–Kier alpha value is -2.64. The van der Waals surface area contributed by atoms with Gasteiger partial charge in [0.1, 0.15) is 5.82 Å². The Morgan fingerprint density at radius 2 is 1.81 bits per heavy atom. The molecule has 1 fully saturated rings. The van der Waals surface area contributed by atoms with Crippen molar-refractivity contribution in [3.63, 3.8) is 0 Å². The van der Waals surface area contributed by atoms with Crippen LogP contribution in [0.1, 0.15) is 30.7 Å². The van der Waals surface area contributed by atoms with Gasteiger partial charge in [-0.25, -0.2) is 0 Å². The standard InChI is InChI=1S/C18H18F3N5/c19-18(20,21)17-23-22-15-9-10-16(24-26(15)17)25(12-14-7-4-8-14)11-13-5-2-1-3-6-13/h1-3,5-6,9-10,14H,4,7-8,11-12H2. The summed E-state index contributed by atoms with van der Waals surface area (Å²) in [5.41, 5.74) is 1.18. The van der Waals surface area contributed by atoms with Crippen LogP contribution in [-0.2, 0) is 12.7 Å². The molecular weight excluding hydrogens is 343 g/mol. The van der Waals surface area contributed by atoms with E-state index in [0.717, 1.165) is 29.5 Å². The van der Waals surface area contributed by atoms with Crippen molar-refractivity contribution in [2.45, 2.75) is 32.0 Å². The van der Waals surface area contributed by atoms with Crippen molar-refractivity contribution in [3.8, 4) is 0 Å². The lowest BCUT2D eigenvalue weighted by molar-refractivity contribution is -0.146. The molecular formula is C18H18F3N5. The van der Waals surface area contributed by atoms with Crippen molar-refractivity contribution >= 4 is 11.5 Å². The number of nitrogens with zero attached hydrogens (tertiary/aromatic N) is 5. The van der Waals surface area contributed by atoms with Gasteiger partial charge in [-0.3, -0.25) is 0 Å². The quantitative estimate of drug-likeness (QED) is 0.690. The summed E-state index contributed by atoms with van der Waals surface area (Å²) in [5, 5.41) is 11.0. The third-order valence-electron chi connectivity index (χ3n) is 4.75. The molecule has 0 saturated heterocycles. The highest BCUT2D eigenvalue weighted by Crippen LogP contribution is 2.30. The Bertz CT molecular complexity index is 887. The molecule has 8 heteroatoms. The van der Waals surface area contributed by atoms with Crippen LogP contribution in [0.2, 0.25) is 0 Å². The van der Waals surface area contributed by atoms with E-state index in [1.807, 2.05) is 35.2 Å². The van der Waals surface area contributed by atoms with Crippen molar-refractivity contribution in [2.24, 2.45) is 5.92 Å².